The monoisotopic (exact) mass is 452 g/mol. The molecule has 1 aliphatic heterocycles. The maximum absolute atomic E-state index is 12.8. The Morgan fingerprint density at radius 2 is 1.88 bits per heavy atom. The van der Waals surface area contributed by atoms with Crippen LogP contribution in [-0.2, 0) is 21.8 Å². The van der Waals surface area contributed by atoms with Gasteiger partial charge in [0.1, 0.15) is 12.1 Å². The van der Waals surface area contributed by atoms with Crippen LogP contribution in [0.2, 0.25) is 0 Å². The van der Waals surface area contributed by atoms with Gasteiger partial charge in [0.15, 0.2) is 5.03 Å². The molecule has 0 unspecified atom stereocenters. The highest BCUT2D eigenvalue weighted by Crippen LogP contribution is 2.21. The third-order valence-corrected chi connectivity index (χ3v) is 6.63. The van der Waals surface area contributed by atoms with Crippen LogP contribution in [-0.4, -0.2) is 54.2 Å². The van der Waals surface area contributed by atoms with Crippen molar-refractivity contribution in [2.24, 2.45) is 7.05 Å². The first kappa shape index (κ1) is 21.8. The van der Waals surface area contributed by atoms with E-state index >= 15 is 0 Å². The summed E-state index contributed by atoms with van der Waals surface area (Å²) in [5.41, 5.74) is 3.03. The second-order valence-corrected chi connectivity index (χ2v) is 9.06. The molecule has 0 amide bonds. The Hall–Kier alpha value is -3.42. The third kappa shape index (κ3) is 4.59. The summed E-state index contributed by atoms with van der Waals surface area (Å²) in [6.07, 6.45) is 4.84. The first-order valence-corrected chi connectivity index (χ1v) is 11.6. The van der Waals surface area contributed by atoms with Crippen LogP contribution in [0.15, 0.2) is 41.9 Å². The van der Waals surface area contributed by atoms with Gasteiger partial charge in [-0.25, -0.2) is 9.97 Å². The van der Waals surface area contributed by atoms with Crippen molar-refractivity contribution in [3.8, 4) is 11.8 Å². The third-order valence-electron chi connectivity index (χ3n) is 5.16. The standard InChI is InChI=1S/C22H24N6O3S/c1-16-19(22(25-15-24-16)28-9-11-31-12-10-28)7-6-18-13-20(17(2)23-14-18)26-32(29,30)21-5-4-8-27(21)3/h4-5,8,13-15,26H,9-12H2,1-3H3. The zero-order valence-electron chi connectivity index (χ0n) is 18.2. The van der Waals surface area contributed by atoms with Crippen molar-refractivity contribution in [3.63, 3.8) is 0 Å². The van der Waals surface area contributed by atoms with E-state index in [1.54, 1.807) is 49.1 Å². The average molecular weight is 453 g/mol. The average Bonchev–Trinajstić information content (AvgIpc) is 3.22. The second-order valence-electron chi connectivity index (χ2n) is 7.43. The largest absolute Gasteiger partial charge is 0.378 e. The molecule has 9 nitrogen and oxygen atoms in total. The molecule has 4 rings (SSSR count). The molecule has 0 aliphatic carbocycles. The molecule has 1 aliphatic rings. The van der Waals surface area contributed by atoms with Gasteiger partial charge in [-0.15, -0.1) is 0 Å². The number of hydrogen-bond donors (Lipinski definition) is 1. The molecule has 166 valence electrons. The number of anilines is 2. The van der Waals surface area contributed by atoms with Crippen molar-refractivity contribution in [1.29, 1.82) is 0 Å². The topological polar surface area (TPSA) is 102 Å². The molecule has 0 bridgehead atoms. The van der Waals surface area contributed by atoms with E-state index in [-0.39, 0.29) is 5.03 Å². The predicted octanol–water partition coefficient (Wildman–Crippen LogP) is 1.86. The summed E-state index contributed by atoms with van der Waals surface area (Å²) in [7, 11) is -2.07. The van der Waals surface area contributed by atoms with Gasteiger partial charge in [-0.3, -0.25) is 9.71 Å². The smallest absolute Gasteiger partial charge is 0.277 e. The summed E-state index contributed by atoms with van der Waals surface area (Å²) in [5.74, 6) is 7.03. The van der Waals surface area contributed by atoms with Gasteiger partial charge in [0.05, 0.1) is 35.9 Å². The zero-order valence-corrected chi connectivity index (χ0v) is 19.0. The number of pyridine rings is 1. The highest BCUT2D eigenvalue weighted by molar-refractivity contribution is 7.92. The minimum atomic E-state index is -3.75. The summed E-state index contributed by atoms with van der Waals surface area (Å²) < 4.78 is 35.1. The number of aromatic nitrogens is 4. The van der Waals surface area contributed by atoms with Crippen LogP contribution in [0.5, 0.6) is 0 Å². The molecule has 3 aromatic heterocycles. The molecule has 3 aromatic rings. The van der Waals surface area contributed by atoms with Crippen LogP contribution in [0.25, 0.3) is 0 Å². The Labute approximate surface area is 187 Å². The van der Waals surface area contributed by atoms with E-state index in [9.17, 15) is 8.42 Å². The van der Waals surface area contributed by atoms with Gasteiger partial charge in [0.25, 0.3) is 10.0 Å². The van der Waals surface area contributed by atoms with E-state index in [4.69, 9.17) is 4.74 Å². The van der Waals surface area contributed by atoms with E-state index in [1.165, 1.54) is 6.33 Å². The summed E-state index contributed by atoms with van der Waals surface area (Å²) in [4.78, 5) is 15.2. The lowest BCUT2D eigenvalue weighted by molar-refractivity contribution is 0.122. The fourth-order valence-corrected chi connectivity index (χ4v) is 4.68. The molecule has 4 heterocycles. The Morgan fingerprint density at radius 3 is 2.59 bits per heavy atom. The molecule has 0 saturated carbocycles. The molecule has 1 fully saturated rings. The number of nitrogens with zero attached hydrogens (tertiary/aromatic N) is 5. The molecule has 0 atom stereocenters. The van der Waals surface area contributed by atoms with Crippen molar-refractivity contribution >= 4 is 21.5 Å². The van der Waals surface area contributed by atoms with E-state index in [1.807, 2.05) is 6.92 Å². The number of nitrogens with one attached hydrogen (secondary N) is 1. The highest BCUT2D eigenvalue weighted by atomic mass is 32.2. The zero-order chi connectivity index (χ0) is 22.7. The molecule has 32 heavy (non-hydrogen) atoms. The molecule has 0 aromatic carbocycles. The van der Waals surface area contributed by atoms with Gasteiger partial charge in [-0.1, -0.05) is 11.8 Å². The Bertz CT molecular complexity index is 1300. The van der Waals surface area contributed by atoms with Gasteiger partial charge < -0.3 is 14.2 Å². The Balaban J connectivity index is 1.65. The molecule has 10 heteroatoms. The van der Waals surface area contributed by atoms with Gasteiger partial charge in [0.2, 0.25) is 0 Å². The first-order chi connectivity index (χ1) is 15.3. The predicted molar refractivity (Wildman–Crippen MR) is 121 cm³/mol. The Morgan fingerprint density at radius 1 is 1.09 bits per heavy atom. The van der Waals surface area contributed by atoms with Crippen molar-refractivity contribution < 1.29 is 13.2 Å². The van der Waals surface area contributed by atoms with E-state index in [0.29, 0.717) is 30.2 Å². The number of sulfonamides is 1. The number of rotatable bonds is 4. The molecule has 1 N–H and O–H groups in total. The molecule has 0 radical (unpaired) electrons. The summed E-state index contributed by atoms with van der Waals surface area (Å²) in [5, 5.41) is 0.167. The van der Waals surface area contributed by atoms with E-state index in [0.717, 1.165) is 30.2 Å². The van der Waals surface area contributed by atoms with Crippen LogP contribution in [0.1, 0.15) is 22.5 Å². The SMILES string of the molecule is Cc1ncc(C#Cc2c(C)ncnc2N2CCOCC2)cc1NS(=O)(=O)c1cccn1C. The van der Waals surface area contributed by atoms with Gasteiger partial charge >= 0.3 is 0 Å². The highest BCUT2D eigenvalue weighted by Gasteiger charge is 2.19. The normalized spacial score (nSPS) is 14.0. The van der Waals surface area contributed by atoms with Crippen LogP contribution in [0.3, 0.4) is 0 Å². The van der Waals surface area contributed by atoms with Crippen LogP contribution < -0.4 is 9.62 Å². The van der Waals surface area contributed by atoms with Crippen molar-refractivity contribution in [1.82, 2.24) is 19.5 Å². The summed E-state index contributed by atoms with van der Waals surface area (Å²) in [6, 6.07) is 4.90. The lowest BCUT2D eigenvalue weighted by Gasteiger charge is -2.28. The summed E-state index contributed by atoms with van der Waals surface area (Å²) in [6.45, 7) is 6.39. The number of aryl methyl sites for hydroxylation is 3. The second kappa shape index (κ2) is 8.98. The van der Waals surface area contributed by atoms with E-state index in [2.05, 4.69) is 36.4 Å². The lowest BCUT2D eigenvalue weighted by atomic mass is 10.1. The van der Waals surface area contributed by atoms with Crippen LogP contribution in [0, 0.1) is 25.7 Å². The van der Waals surface area contributed by atoms with Crippen molar-refractivity contribution in [2.45, 2.75) is 18.9 Å². The fraction of sp³-hybridized carbons (Fsp3) is 0.318. The van der Waals surface area contributed by atoms with Crippen LogP contribution in [0.4, 0.5) is 11.5 Å². The number of hydrogen-bond acceptors (Lipinski definition) is 7. The maximum atomic E-state index is 12.8. The fourth-order valence-electron chi connectivity index (χ4n) is 3.38. The van der Waals surface area contributed by atoms with E-state index < -0.39 is 10.0 Å². The van der Waals surface area contributed by atoms with Crippen molar-refractivity contribution in [2.75, 3.05) is 35.9 Å². The quantitative estimate of drug-likeness (QED) is 0.603. The summed E-state index contributed by atoms with van der Waals surface area (Å²) >= 11 is 0. The minimum absolute atomic E-state index is 0.167. The van der Waals surface area contributed by atoms with Gasteiger partial charge in [-0.05, 0) is 32.0 Å². The van der Waals surface area contributed by atoms with Crippen LogP contribution >= 0.6 is 0 Å². The number of ether oxygens (including phenoxy) is 1. The van der Waals surface area contributed by atoms with Gasteiger partial charge in [-0.2, -0.15) is 8.42 Å². The number of morpholine rings is 1. The Kier molecular flexibility index (Phi) is 6.12. The molecular weight excluding hydrogens is 428 g/mol. The minimum Gasteiger partial charge on any atom is -0.378 e. The van der Waals surface area contributed by atoms with Gasteiger partial charge in [0, 0.05) is 38.1 Å². The first-order valence-electron chi connectivity index (χ1n) is 10.1. The molecule has 0 spiro atoms. The molecule has 1 saturated heterocycles. The lowest BCUT2D eigenvalue weighted by Crippen LogP contribution is -2.37. The maximum Gasteiger partial charge on any atom is 0.277 e. The van der Waals surface area contributed by atoms with Crippen molar-refractivity contribution in [3.05, 3.63) is 59.4 Å². The molecular formula is C22H24N6O3S.